The molecule has 18 heavy (non-hydrogen) atoms. The van der Waals surface area contributed by atoms with Crippen LogP contribution in [-0.2, 0) is 4.79 Å². The second-order valence-electron chi connectivity index (χ2n) is 4.46. The molecule has 0 aliphatic rings. The van der Waals surface area contributed by atoms with Crippen molar-refractivity contribution in [3.8, 4) is 0 Å². The number of nitrogens with one attached hydrogen (secondary N) is 2. The summed E-state index contributed by atoms with van der Waals surface area (Å²) in [5.41, 5.74) is 0.838. The molecule has 0 spiro atoms. The minimum Gasteiger partial charge on any atom is -0.355 e. The van der Waals surface area contributed by atoms with Gasteiger partial charge in [-0.15, -0.1) is 0 Å². The van der Waals surface area contributed by atoms with E-state index in [1.165, 1.54) is 12.1 Å². The van der Waals surface area contributed by atoms with Crippen molar-refractivity contribution in [2.45, 2.75) is 39.3 Å². The van der Waals surface area contributed by atoms with Crippen LogP contribution in [0.25, 0.3) is 0 Å². The summed E-state index contributed by atoms with van der Waals surface area (Å²) < 4.78 is 13.1. The largest absolute Gasteiger partial charge is 0.355 e. The van der Waals surface area contributed by atoms with Gasteiger partial charge in [-0.3, -0.25) is 10.1 Å². The minimum atomic E-state index is -0.296. The van der Waals surface area contributed by atoms with Gasteiger partial charge in [-0.2, -0.15) is 0 Å². The van der Waals surface area contributed by atoms with E-state index in [4.69, 9.17) is 0 Å². The molecule has 0 fully saturated rings. The van der Waals surface area contributed by atoms with Crippen LogP contribution < -0.4 is 10.6 Å². The highest BCUT2D eigenvalue weighted by Crippen LogP contribution is 2.13. The Bertz CT molecular complexity index is 395. The summed E-state index contributed by atoms with van der Waals surface area (Å²) >= 11 is 0. The van der Waals surface area contributed by atoms with Gasteiger partial charge in [0.1, 0.15) is 5.82 Å². The van der Waals surface area contributed by atoms with Crippen LogP contribution in [0.4, 0.5) is 4.39 Å². The van der Waals surface area contributed by atoms with Crippen LogP contribution in [0.3, 0.4) is 0 Å². The van der Waals surface area contributed by atoms with Gasteiger partial charge in [-0.1, -0.05) is 19.1 Å². The number of halogens is 1. The monoisotopic (exact) mass is 252 g/mol. The Morgan fingerprint density at radius 3 is 2.72 bits per heavy atom. The Morgan fingerprint density at radius 2 is 2.11 bits per heavy atom. The fraction of sp³-hybridized carbons (Fsp3) is 0.500. The van der Waals surface area contributed by atoms with Gasteiger partial charge in [0.2, 0.25) is 5.91 Å². The van der Waals surface area contributed by atoms with Crippen LogP contribution in [0.1, 0.15) is 38.8 Å². The van der Waals surface area contributed by atoms with E-state index in [0.29, 0.717) is 6.54 Å². The number of rotatable bonds is 6. The molecule has 1 rings (SSSR count). The van der Waals surface area contributed by atoms with E-state index in [0.717, 1.165) is 12.0 Å². The number of benzene rings is 1. The molecule has 100 valence electrons. The molecule has 1 amide bonds. The maximum atomic E-state index is 13.1. The first-order chi connectivity index (χ1) is 8.54. The smallest absolute Gasteiger partial charge is 0.236 e. The number of hydrogen-bond donors (Lipinski definition) is 2. The molecule has 0 heterocycles. The molecule has 0 radical (unpaired) electrons. The van der Waals surface area contributed by atoms with Gasteiger partial charge in [0, 0.05) is 12.6 Å². The van der Waals surface area contributed by atoms with Crippen LogP contribution in [-0.4, -0.2) is 18.5 Å². The first-order valence-corrected chi connectivity index (χ1v) is 6.33. The van der Waals surface area contributed by atoms with Gasteiger partial charge >= 0.3 is 0 Å². The molecule has 2 atom stereocenters. The number of carbonyl (C=O) groups is 1. The number of hydrogen-bond acceptors (Lipinski definition) is 2. The van der Waals surface area contributed by atoms with Gasteiger partial charge in [0.05, 0.1) is 6.04 Å². The van der Waals surface area contributed by atoms with Crippen LogP contribution >= 0.6 is 0 Å². The van der Waals surface area contributed by atoms with E-state index in [1.807, 2.05) is 19.9 Å². The lowest BCUT2D eigenvalue weighted by Crippen LogP contribution is -2.43. The molecule has 0 aliphatic heterocycles. The quantitative estimate of drug-likeness (QED) is 0.816. The Labute approximate surface area is 108 Å². The zero-order valence-corrected chi connectivity index (χ0v) is 11.2. The summed E-state index contributed by atoms with van der Waals surface area (Å²) in [5, 5.41) is 5.98. The van der Waals surface area contributed by atoms with Crippen molar-refractivity contribution in [2.24, 2.45) is 0 Å². The Hall–Kier alpha value is -1.42. The molecule has 0 aliphatic carbocycles. The van der Waals surface area contributed by atoms with E-state index in [1.54, 1.807) is 13.0 Å². The van der Waals surface area contributed by atoms with Crippen LogP contribution in [0, 0.1) is 5.82 Å². The predicted molar refractivity (Wildman–Crippen MR) is 70.7 cm³/mol. The third-order valence-electron chi connectivity index (χ3n) is 2.79. The van der Waals surface area contributed by atoms with Crippen molar-refractivity contribution in [3.63, 3.8) is 0 Å². The summed E-state index contributed by atoms with van der Waals surface area (Å²) in [6, 6.07) is 6.04. The lowest BCUT2D eigenvalue weighted by atomic mass is 10.1. The van der Waals surface area contributed by atoms with Crippen LogP contribution in [0.15, 0.2) is 24.3 Å². The molecule has 0 saturated carbocycles. The molecule has 1 aromatic rings. The van der Waals surface area contributed by atoms with Gasteiger partial charge in [-0.25, -0.2) is 4.39 Å². The first kappa shape index (κ1) is 14.6. The second-order valence-corrected chi connectivity index (χ2v) is 4.46. The van der Waals surface area contributed by atoms with Crippen molar-refractivity contribution < 1.29 is 9.18 Å². The lowest BCUT2D eigenvalue weighted by molar-refractivity contribution is -0.122. The highest BCUT2D eigenvalue weighted by molar-refractivity contribution is 5.81. The molecular weight excluding hydrogens is 231 g/mol. The maximum Gasteiger partial charge on any atom is 0.236 e. The molecule has 2 N–H and O–H groups in total. The number of carbonyl (C=O) groups excluding carboxylic acids is 1. The average molecular weight is 252 g/mol. The molecular formula is C14H21FN2O. The van der Waals surface area contributed by atoms with Crippen molar-refractivity contribution >= 4 is 5.91 Å². The molecule has 0 bridgehead atoms. The zero-order valence-electron chi connectivity index (χ0n) is 11.2. The van der Waals surface area contributed by atoms with Gasteiger partial charge < -0.3 is 5.32 Å². The van der Waals surface area contributed by atoms with Crippen molar-refractivity contribution in [3.05, 3.63) is 35.6 Å². The molecule has 0 saturated heterocycles. The summed E-state index contributed by atoms with van der Waals surface area (Å²) in [5.74, 6) is -0.288. The van der Waals surface area contributed by atoms with Crippen LogP contribution in [0.2, 0.25) is 0 Å². The zero-order chi connectivity index (χ0) is 13.5. The van der Waals surface area contributed by atoms with E-state index in [9.17, 15) is 9.18 Å². The average Bonchev–Trinajstić information content (AvgIpc) is 2.35. The van der Waals surface area contributed by atoms with Crippen molar-refractivity contribution in [1.82, 2.24) is 10.6 Å². The normalized spacial score (nSPS) is 14.0. The van der Waals surface area contributed by atoms with Gasteiger partial charge in [0.15, 0.2) is 0 Å². The SMILES string of the molecule is CCCNC(=O)C(C)NC(C)c1cccc(F)c1. The predicted octanol–water partition coefficient (Wildman–Crippen LogP) is 2.39. The molecule has 1 aromatic carbocycles. The highest BCUT2D eigenvalue weighted by Gasteiger charge is 2.15. The summed E-state index contributed by atoms with van der Waals surface area (Å²) in [4.78, 5) is 11.7. The Kier molecular flexibility index (Phi) is 5.78. The minimum absolute atomic E-state index is 0.0277. The summed E-state index contributed by atoms with van der Waals surface area (Å²) in [7, 11) is 0. The standard InChI is InChI=1S/C14H21FN2O/c1-4-8-16-14(18)11(3)17-10(2)12-6-5-7-13(15)9-12/h5-7,9-11,17H,4,8H2,1-3H3,(H,16,18). The first-order valence-electron chi connectivity index (χ1n) is 6.33. The fourth-order valence-corrected chi connectivity index (χ4v) is 1.72. The second kappa shape index (κ2) is 7.11. The van der Waals surface area contributed by atoms with Crippen LogP contribution in [0.5, 0.6) is 0 Å². The van der Waals surface area contributed by atoms with Gasteiger partial charge in [0.25, 0.3) is 0 Å². The molecule has 0 aromatic heterocycles. The summed E-state index contributed by atoms with van der Waals surface area (Å²) in [6.45, 7) is 6.41. The summed E-state index contributed by atoms with van der Waals surface area (Å²) in [6.07, 6.45) is 0.915. The Morgan fingerprint density at radius 1 is 1.39 bits per heavy atom. The third kappa shape index (κ3) is 4.45. The van der Waals surface area contributed by atoms with E-state index in [2.05, 4.69) is 10.6 Å². The lowest BCUT2D eigenvalue weighted by Gasteiger charge is -2.20. The number of amides is 1. The van der Waals surface area contributed by atoms with E-state index >= 15 is 0 Å². The molecule has 3 nitrogen and oxygen atoms in total. The Balaban J connectivity index is 2.53. The van der Waals surface area contributed by atoms with Gasteiger partial charge in [-0.05, 0) is 38.0 Å². The van der Waals surface area contributed by atoms with Crippen molar-refractivity contribution in [1.29, 1.82) is 0 Å². The van der Waals surface area contributed by atoms with E-state index in [-0.39, 0.29) is 23.8 Å². The molecule has 4 heteroatoms. The highest BCUT2D eigenvalue weighted by atomic mass is 19.1. The van der Waals surface area contributed by atoms with E-state index < -0.39 is 0 Å². The molecule has 2 unspecified atom stereocenters. The fourth-order valence-electron chi connectivity index (χ4n) is 1.72. The maximum absolute atomic E-state index is 13.1. The topological polar surface area (TPSA) is 41.1 Å². The third-order valence-corrected chi connectivity index (χ3v) is 2.79. The van der Waals surface area contributed by atoms with Crippen molar-refractivity contribution in [2.75, 3.05) is 6.54 Å².